The van der Waals surface area contributed by atoms with Crippen LogP contribution >= 0.6 is 11.3 Å². The Bertz CT molecular complexity index is 1030. The van der Waals surface area contributed by atoms with Crippen molar-refractivity contribution in [3.63, 3.8) is 0 Å². The number of nitrogens with one attached hydrogen (secondary N) is 1. The second-order valence-corrected chi connectivity index (χ2v) is 7.29. The molecule has 0 aliphatic rings. The lowest BCUT2D eigenvalue weighted by Crippen LogP contribution is -2.07. The maximum atomic E-state index is 12.4. The van der Waals surface area contributed by atoms with Gasteiger partial charge in [-0.1, -0.05) is 0 Å². The van der Waals surface area contributed by atoms with E-state index in [0.29, 0.717) is 16.6 Å². The third kappa shape index (κ3) is 4.94. The Kier molecular flexibility index (Phi) is 6.51. The van der Waals surface area contributed by atoms with Crippen LogP contribution in [0.3, 0.4) is 0 Å². The number of nitrogens with zero attached hydrogens (tertiary/aromatic N) is 1. The lowest BCUT2D eigenvalue weighted by molar-refractivity contribution is -0.111. The van der Waals surface area contributed by atoms with Crippen LogP contribution in [0.4, 0.5) is 5.13 Å². The van der Waals surface area contributed by atoms with Gasteiger partial charge < -0.3 is 14.2 Å². The number of amides is 1. The average Bonchev–Trinajstić information content (AvgIpc) is 3.11. The fourth-order valence-electron chi connectivity index (χ4n) is 2.75. The van der Waals surface area contributed by atoms with Crippen molar-refractivity contribution in [2.75, 3.05) is 26.6 Å². The highest BCUT2D eigenvalue weighted by Gasteiger charge is 2.11. The largest absolute Gasteiger partial charge is 0.497 e. The Morgan fingerprint density at radius 3 is 2.34 bits per heavy atom. The zero-order chi connectivity index (χ0) is 20.8. The van der Waals surface area contributed by atoms with E-state index in [1.54, 1.807) is 45.6 Å². The van der Waals surface area contributed by atoms with Crippen molar-refractivity contribution < 1.29 is 19.0 Å². The van der Waals surface area contributed by atoms with E-state index < -0.39 is 0 Å². The quantitative estimate of drug-likeness (QED) is 0.567. The van der Waals surface area contributed by atoms with E-state index >= 15 is 0 Å². The fourth-order valence-corrected chi connectivity index (χ4v) is 3.59. The van der Waals surface area contributed by atoms with Gasteiger partial charge >= 0.3 is 0 Å². The van der Waals surface area contributed by atoms with Crippen molar-refractivity contribution >= 4 is 28.5 Å². The van der Waals surface area contributed by atoms with E-state index in [0.717, 1.165) is 27.4 Å². The van der Waals surface area contributed by atoms with Crippen LogP contribution in [0.15, 0.2) is 48.5 Å². The summed E-state index contributed by atoms with van der Waals surface area (Å²) in [5, 5.41) is 3.36. The van der Waals surface area contributed by atoms with Crippen LogP contribution in [0.5, 0.6) is 17.2 Å². The van der Waals surface area contributed by atoms with Gasteiger partial charge in [0, 0.05) is 22.1 Å². The Balaban J connectivity index is 1.74. The summed E-state index contributed by atoms with van der Waals surface area (Å²) in [6.07, 6.45) is 3.13. The maximum absolute atomic E-state index is 12.4. The molecule has 0 radical (unpaired) electrons. The van der Waals surface area contributed by atoms with Gasteiger partial charge in [-0.2, -0.15) is 0 Å². The lowest BCUT2D eigenvalue weighted by Gasteiger charge is -2.07. The van der Waals surface area contributed by atoms with Gasteiger partial charge in [-0.15, -0.1) is 11.3 Å². The maximum Gasteiger partial charge on any atom is 0.250 e. The van der Waals surface area contributed by atoms with Gasteiger partial charge in [0.15, 0.2) is 5.13 Å². The fraction of sp³-hybridized carbons (Fsp3) is 0.182. The molecule has 3 rings (SSSR count). The molecule has 29 heavy (non-hydrogen) atoms. The van der Waals surface area contributed by atoms with Crippen molar-refractivity contribution in [3.8, 4) is 28.5 Å². The minimum atomic E-state index is -0.273. The minimum absolute atomic E-state index is 0.273. The van der Waals surface area contributed by atoms with Gasteiger partial charge in [0.05, 0.1) is 27.0 Å². The second-order valence-electron chi connectivity index (χ2n) is 6.08. The van der Waals surface area contributed by atoms with Crippen molar-refractivity contribution in [3.05, 3.63) is 59.0 Å². The van der Waals surface area contributed by atoms with Crippen LogP contribution in [0, 0.1) is 6.92 Å². The molecule has 1 heterocycles. The predicted molar refractivity (Wildman–Crippen MR) is 116 cm³/mol. The Morgan fingerprint density at radius 1 is 1.00 bits per heavy atom. The second kappa shape index (κ2) is 9.25. The molecule has 2 aromatic carbocycles. The van der Waals surface area contributed by atoms with Crippen molar-refractivity contribution in [2.45, 2.75) is 6.92 Å². The molecule has 0 aliphatic carbocycles. The Labute approximate surface area is 173 Å². The molecular formula is C22H22N2O4S. The predicted octanol–water partition coefficient (Wildman–Crippen LogP) is 4.80. The molecule has 150 valence electrons. The van der Waals surface area contributed by atoms with E-state index in [4.69, 9.17) is 14.2 Å². The highest BCUT2D eigenvalue weighted by Crippen LogP contribution is 2.31. The monoisotopic (exact) mass is 410 g/mol. The smallest absolute Gasteiger partial charge is 0.250 e. The molecule has 0 saturated carbocycles. The normalized spacial score (nSPS) is 10.8. The Hall–Kier alpha value is -3.32. The number of carbonyl (C=O) groups is 1. The van der Waals surface area contributed by atoms with E-state index in [-0.39, 0.29) is 5.91 Å². The summed E-state index contributed by atoms with van der Waals surface area (Å²) in [6.45, 7) is 1.98. The van der Waals surface area contributed by atoms with Crippen molar-refractivity contribution in [1.82, 2.24) is 4.98 Å². The molecule has 0 spiro atoms. The average molecular weight is 410 g/mol. The number of carbonyl (C=O) groups excluding carboxylic acids is 1. The van der Waals surface area contributed by atoms with Crippen LogP contribution in [0.2, 0.25) is 0 Å². The molecule has 6 nitrogen and oxygen atoms in total. The minimum Gasteiger partial charge on any atom is -0.497 e. The highest BCUT2D eigenvalue weighted by atomic mass is 32.1. The van der Waals surface area contributed by atoms with Crippen LogP contribution in [0.1, 0.15) is 10.4 Å². The third-order valence-corrected chi connectivity index (χ3v) is 5.13. The zero-order valence-corrected chi connectivity index (χ0v) is 17.5. The topological polar surface area (TPSA) is 69.7 Å². The number of hydrogen-bond donors (Lipinski definition) is 1. The molecule has 3 aromatic rings. The molecule has 0 saturated heterocycles. The SMILES string of the molecule is COc1ccc(-c2nc(NC(=O)/C=C/c3cc(OC)ccc3OC)sc2C)cc1. The first-order chi connectivity index (χ1) is 14.0. The highest BCUT2D eigenvalue weighted by molar-refractivity contribution is 7.16. The first kappa shape index (κ1) is 20.4. The summed E-state index contributed by atoms with van der Waals surface area (Å²) >= 11 is 1.43. The number of rotatable bonds is 7. The number of ether oxygens (including phenoxy) is 3. The number of anilines is 1. The van der Waals surface area contributed by atoms with E-state index in [2.05, 4.69) is 10.3 Å². The lowest BCUT2D eigenvalue weighted by atomic mass is 10.1. The standard InChI is InChI=1S/C22H22N2O4S/c1-14-21(15-5-8-17(26-2)9-6-15)24-22(29-14)23-20(25)12-7-16-13-18(27-3)10-11-19(16)28-4/h5-13H,1-4H3,(H,23,24,25)/b12-7+. The molecular weight excluding hydrogens is 388 g/mol. The molecule has 1 N–H and O–H groups in total. The van der Waals surface area contributed by atoms with Gasteiger partial charge in [-0.25, -0.2) is 4.98 Å². The number of hydrogen-bond acceptors (Lipinski definition) is 6. The zero-order valence-electron chi connectivity index (χ0n) is 16.7. The number of aryl methyl sites for hydroxylation is 1. The van der Waals surface area contributed by atoms with Gasteiger partial charge in [0.2, 0.25) is 5.91 Å². The van der Waals surface area contributed by atoms with Crippen molar-refractivity contribution in [2.24, 2.45) is 0 Å². The number of methoxy groups -OCH3 is 3. The molecule has 1 aromatic heterocycles. The summed E-state index contributed by atoms with van der Waals surface area (Å²) < 4.78 is 15.7. The molecule has 0 aliphatic heterocycles. The van der Waals surface area contributed by atoms with Gasteiger partial charge in [0.25, 0.3) is 0 Å². The van der Waals surface area contributed by atoms with Gasteiger partial charge in [0.1, 0.15) is 17.2 Å². The number of thiazole rings is 1. The third-order valence-electron chi connectivity index (χ3n) is 4.24. The Morgan fingerprint density at radius 2 is 1.69 bits per heavy atom. The summed E-state index contributed by atoms with van der Waals surface area (Å²) in [5.41, 5.74) is 2.55. The van der Waals surface area contributed by atoms with Crippen LogP contribution < -0.4 is 19.5 Å². The number of benzene rings is 2. The molecule has 0 unspecified atom stereocenters. The molecule has 0 atom stereocenters. The first-order valence-electron chi connectivity index (χ1n) is 8.87. The molecule has 0 fully saturated rings. The molecule has 0 bridgehead atoms. The van der Waals surface area contributed by atoms with E-state index in [9.17, 15) is 4.79 Å². The van der Waals surface area contributed by atoms with E-state index in [1.165, 1.54) is 17.4 Å². The summed E-state index contributed by atoms with van der Waals surface area (Å²) in [5.74, 6) is 1.85. The first-order valence-corrected chi connectivity index (χ1v) is 9.68. The van der Waals surface area contributed by atoms with Crippen LogP contribution in [-0.4, -0.2) is 32.2 Å². The molecule has 1 amide bonds. The summed E-state index contributed by atoms with van der Waals surface area (Å²) in [4.78, 5) is 17.9. The number of aromatic nitrogens is 1. The van der Waals surface area contributed by atoms with Crippen LogP contribution in [-0.2, 0) is 4.79 Å². The van der Waals surface area contributed by atoms with Gasteiger partial charge in [-0.05, 0) is 55.5 Å². The summed E-state index contributed by atoms with van der Waals surface area (Å²) in [7, 11) is 4.80. The van der Waals surface area contributed by atoms with Crippen molar-refractivity contribution in [1.29, 1.82) is 0 Å². The van der Waals surface area contributed by atoms with Crippen LogP contribution in [0.25, 0.3) is 17.3 Å². The summed E-state index contributed by atoms with van der Waals surface area (Å²) in [6, 6.07) is 13.1. The molecule has 7 heteroatoms. The van der Waals surface area contributed by atoms with E-state index in [1.807, 2.05) is 31.2 Å². The van der Waals surface area contributed by atoms with Gasteiger partial charge in [-0.3, -0.25) is 10.1 Å².